The van der Waals surface area contributed by atoms with Crippen molar-refractivity contribution in [3.8, 4) is 0 Å². The number of carbonyl (C=O) groups excluding carboxylic acids is 2. The van der Waals surface area contributed by atoms with Gasteiger partial charge < -0.3 is 0 Å². The molecule has 0 aromatic heterocycles. The topological polar surface area (TPSA) is 37.4 Å². The molecule has 0 radical (unpaired) electrons. The Morgan fingerprint density at radius 1 is 0.960 bits per heavy atom. The van der Waals surface area contributed by atoms with Gasteiger partial charge in [-0.25, -0.2) is 0 Å². The lowest BCUT2D eigenvalue weighted by Gasteiger charge is -2.15. The van der Waals surface area contributed by atoms with Gasteiger partial charge in [0.25, 0.3) is 0 Å². The van der Waals surface area contributed by atoms with E-state index < -0.39 is 0 Å². The number of thioether (sulfide) groups is 1. The van der Waals surface area contributed by atoms with Crippen molar-refractivity contribution >= 4 is 29.1 Å². The molecule has 0 unspecified atom stereocenters. The van der Waals surface area contributed by atoms with Crippen molar-refractivity contribution in [3.05, 3.63) is 95.6 Å². The minimum Gasteiger partial charge on any atom is -0.288 e. The van der Waals surface area contributed by atoms with Crippen molar-refractivity contribution in [2.24, 2.45) is 0 Å². The number of para-hydroxylation sites is 1. The zero-order chi connectivity index (χ0) is 17.6. The lowest BCUT2D eigenvalue weighted by molar-refractivity contribution is -0.116. The molecule has 25 heavy (non-hydrogen) atoms. The van der Waals surface area contributed by atoms with E-state index >= 15 is 0 Å². The maximum atomic E-state index is 12.2. The molecule has 0 bridgehead atoms. The highest BCUT2D eigenvalue weighted by atomic mass is 32.2. The Kier molecular flexibility index (Phi) is 5.31. The second-order valence-electron chi connectivity index (χ2n) is 5.41. The molecule has 0 spiro atoms. The zero-order valence-corrected chi connectivity index (χ0v) is 14.6. The highest BCUT2D eigenvalue weighted by molar-refractivity contribution is 8.04. The average molecular weight is 347 g/mol. The zero-order valence-electron chi connectivity index (χ0n) is 13.8. The average Bonchev–Trinajstić information content (AvgIpc) is 2.95. The van der Waals surface area contributed by atoms with E-state index in [9.17, 15) is 9.59 Å². The Bertz CT molecular complexity index is 882. The molecule has 0 saturated heterocycles. The summed E-state index contributed by atoms with van der Waals surface area (Å²) in [7, 11) is 0. The summed E-state index contributed by atoms with van der Waals surface area (Å²) in [5.41, 5.74) is 1.57. The minimum atomic E-state index is -0.0637. The van der Waals surface area contributed by atoms with E-state index in [0.29, 0.717) is 4.91 Å². The van der Waals surface area contributed by atoms with Crippen LogP contribution in [0.3, 0.4) is 0 Å². The van der Waals surface area contributed by atoms with Gasteiger partial charge in [-0.1, -0.05) is 54.2 Å². The summed E-state index contributed by atoms with van der Waals surface area (Å²) in [6, 6.07) is 17.0. The molecule has 1 heterocycles. The van der Waals surface area contributed by atoms with Crippen molar-refractivity contribution in [2.45, 2.75) is 11.8 Å². The summed E-state index contributed by atoms with van der Waals surface area (Å²) in [5, 5.41) is 0. The van der Waals surface area contributed by atoms with Gasteiger partial charge in [-0.3, -0.25) is 14.5 Å². The van der Waals surface area contributed by atoms with Crippen LogP contribution in [-0.4, -0.2) is 11.7 Å². The van der Waals surface area contributed by atoms with Crippen LogP contribution in [0, 0.1) is 0 Å². The molecular weight excluding hydrogens is 330 g/mol. The van der Waals surface area contributed by atoms with Gasteiger partial charge in [0.2, 0.25) is 11.7 Å². The normalized spacial score (nSPS) is 15.2. The second kappa shape index (κ2) is 7.81. The Morgan fingerprint density at radius 2 is 1.68 bits per heavy atom. The fourth-order valence-corrected chi connectivity index (χ4v) is 3.46. The van der Waals surface area contributed by atoms with Crippen LogP contribution in [0.2, 0.25) is 0 Å². The number of fused-ring (bicyclic) bond motifs is 1. The lowest BCUT2D eigenvalue weighted by Crippen LogP contribution is -2.21. The van der Waals surface area contributed by atoms with Crippen LogP contribution in [0.15, 0.2) is 94.9 Å². The van der Waals surface area contributed by atoms with Gasteiger partial charge in [0.05, 0.1) is 4.91 Å². The van der Waals surface area contributed by atoms with Gasteiger partial charge in [-0.15, -0.1) is 0 Å². The van der Waals surface area contributed by atoms with E-state index in [1.54, 1.807) is 23.3 Å². The van der Waals surface area contributed by atoms with Crippen LogP contribution in [0.1, 0.15) is 17.3 Å². The van der Waals surface area contributed by atoms with Crippen molar-refractivity contribution in [2.75, 3.05) is 4.90 Å². The van der Waals surface area contributed by atoms with Crippen molar-refractivity contribution in [1.29, 1.82) is 0 Å². The van der Waals surface area contributed by atoms with Crippen LogP contribution in [0.4, 0.5) is 5.69 Å². The number of allylic oxidation sites excluding steroid dienone is 5. The third kappa shape index (κ3) is 3.98. The molecule has 2 aromatic rings. The number of rotatable bonds is 4. The monoisotopic (exact) mass is 347 g/mol. The molecular formula is C21H17NO2S. The number of nitrogens with zero attached hydrogens (tertiary/aromatic N) is 1. The molecule has 1 amide bonds. The summed E-state index contributed by atoms with van der Waals surface area (Å²) in [6.07, 6.45) is 8.92. The van der Waals surface area contributed by atoms with Gasteiger partial charge in [-0.2, -0.15) is 0 Å². The van der Waals surface area contributed by atoms with E-state index in [1.807, 2.05) is 66.7 Å². The van der Waals surface area contributed by atoms with Crippen molar-refractivity contribution < 1.29 is 9.59 Å². The molecule has 2 aromatic carbocycles. The number of ketones is 1. The maximum absolute atomic E-state index is 12.2. The molecule has 1 aliphatic rings. The number of hydrogen-bond acceptors (Lipinski definition) is 3. The van der Waals surface area contributed by atoms with E-state index in [1.165, 1.54) is 18.7 Å². The number of benzene rings is 2. The Balaban J connectivity index is 1.68. The number of hydrogen-bond donors (Lipinski definition) is 0. The van der Waals surface area contributed by atoms with Crippen molar-refractivity contribution in [1.82, 2.24) is 0 Å². The molecule has 0 fully saturated rings. The standard InChI is InChI=1S/C21H17NO2S/c1-16(23)22(17-10-4-2-5-11-17)15-9-3-6-14-20-21(24)18-12-7-8-13-19(18)25-20/h2-15H,1H3/b6-3+,15-9+,20-14-. The fraction of sp³-hybridized carbons (Fsp3) is 0.0476. The highest BCUT2D eigenvalue weighted by Crippen LogP contribution is 2.39. The Labute approximate surface area is 151 Å². The molecule has 0 atom stereocenters. The first kappa shape index (κ1) is 17.0. The molecule has 3 nitrogen and oxygen atoms in total. The quantitative estimate of drug-likeness (QED) is 0.578. The van der Waals surface area contributed by atoms with Gasteiger partial charge in [0.15, 0.2) is 0 Å². The molecule has 3 rings (SSSR count). The predicted octanol–water partition coefficient (Wildman–Crippen LogP) is 4.98. The third-order valence-corrected chi connectivity index (χ3v) is 4.77. The number of amides is 1. The summed E-state index contributed by atoms with van der Waals surface area (Å²) in [5.74, 6) is -0.00458. The second-order valence-corrected chi connectivity index (χ2v) is 6.49. The number of Topliss-reactive ketones (excluding diaryl/α,β-unsaturated/α-hetero) is 1. The smallest absolute Gasteiger partial charge is 0.227 e. The van der Waals surface area contributed by atoms with Crippen LogP contribution < -0.4 is 4.90 Å². The maximum Gasteiger partial charge on any atom is 0.227 e. The summed E-state index contributed by atoms with van der Waals surface area (Å²) in [6.45, 7) is 1.52. The molecule has 4 heteroatoms. The van der Waals surface area contributed by atoms with Gasteiger partial charge in [0.1, 0.15) is 0 Å². The van der Waals surface area contributed by atoms with E-state index in [4.69, 9.17) is 0 Å². The van der Waals surface area contributed by atoms with Crippen LogP contribution in [0.25, 0.3) is 0 Å². The van der Waals surface area contributed by atoms with Crippen LogP contribution in [-0.2, 0) is 4.79 Å². The Morgan fingerprint density at radius 3 is 2.40 bits per heavy atom. The van der Waals surface area contributed by atoms with Crippen LogP contribution >= 0.6 is 11.8 Å². The lowest BCUT2D eigenvalue weighted by atomic mass is 10.1. The van der Waals surface area contributed by atoms with E-state index in [-0.39, 0.29) is 11.7 Å². The largest absolute Gasteiger partial charge is 0.288 e. The first-order valence-corrected chi connectivity index (χ1v) is 8.70. The number of carbonyl (C=O) groups is 2. The first-order valence-electron chi connectivity index (χ1n) is 7.88. The molecule has 124 valence electrons. The summed E-state index contributed by atoms with van der Waals surface area (Å²) >= 11 is 1.48. The molecule has 0 N–H and O–H groups in total. The SMILES string of the molecule is CC(=O)N(/C=C/C=C/C=C1\Sc2ccccc2C1=O)c1ccccc1. The highest BCUT2D eigenvalue weighted by Gasteiger charge is 2.24. The Hall–Kier alpha value is -2.85. The summed E-state index contributed by atoms with van der Waals surface area (Å²) in [4.78, 5) is 27.3. The van der Waals surface area contributed by atoms with Gasteiger partial charge in [-0.05, 0) is 36.4 Å². The predicted molar refractivity (Wildman–Crippen MR) is 103 cm³/mol. The minimum absolute atomic E-state index is 0.0591. The van der Waals surface area contributed by atoms with Gasteiger partial charge in [0, 0.05) is 29.3 Å². The summed E-state index contributed by atoms with van der Waals surface area (Å²) < 4.78 is 0. The molecule has 0 aliphatic carbocycles. The third-order valence-electron chi connectivity index (χ3n) is 3.65. The molecule has 1 aliphatic heterocycles. The van der Waals surface area contributed by atoms with Crippen LogP contribution in [0.5, 0.6) is 0 Å². The fourth-order valence-electron chi connectivity index (χ4n) is 2.45. The van der Waals surface area contributed by atoms with Crippen molar-refractivity contribution in [3.63, 3.8) is 0 Å². The van der Waals surface area contributed by atoms with Gasteiger partial charge >= 0.3 is 0 Å². The van der Waals surface area contributed by atoms with E-state index in [2.05, 4.69) is 0 Å². The van der Waals surface area contributed by atoms with E-state index in [0.717, 1.165) is 16.1 Å². The molecule has 0 saturated carbocycles. The first-order chi connectivity index (χ1) is 12.2. The number of anilines is 1.